The van der Waals surface area contributed by atoms with Crippen LogP contribution < -0.4 is 5.32 Å². The average Bonchev–Trinajstić information content (AvgIpc) is 3.30. The molecule has 0 unspecified atom stereocenters. The largest absolute Gasteiger partial charge is 0.350 e. The van der Waals surface area contributed by atoms with E-state index in [2.05, 4.69) is 39.5 Å². The van der Waals surface area contributed by atoms with E-state index in [4.69, 9.17) is 10.2 Å². The highest BCUT2D eigenvalue weighted by Gasteiger charge is 2.41. The van der Waals surface area contributed by atoms with Crippen LogP contribution in [-0.2, 0) is 19.5 Å². The minimum absolute atomic E-state index is 0.476. The van der Waals surface area contributed by atoms with Gasteiger partial charge in [-0.05, 0) is 41.2 Å². The Balaban J connectivity index is 1.27. The number of fused-ring (bicyclic) bond motifs is 3. The first kappa shape index (κ1) is 17.8. The topological polar surface area (TPSA) is 64.8 Å². The highest BCUT2D eigenvalue weighted by Crippen LogP contribution is 2.42. The summed E-state index contributed by atoms with van der Waals surface area (Å²) in [4.78, 5) is 11.9. The normalized spacial score (nSPS) is 20.1. The van der Waals surface area contributed by atoms with Crippen LogP contribution in [0.5, 0.6) is 0 Å². The number of hydrogen-bond donors (Lipinski definition) is 1. The molecule has 2 heterocycles. The number of benzene rings is 2. The Morgan fingerprint density at radius 2 is 1.93 bits per heavy atom. The van der Waals surface area contributed by atoms with E-state index >= 15 is 0 Å². The molecular weight excluding hydrogens is 358 g/mol. The van der Waals surface area contributed by atoms with Crippen LogP contribution >= 0.6 is 0 Å². The van der Waals surface area contributed by atoms with Gasteiger partial charge in [0.1, 0.15) is 0 Å². The summed E-state index contributed by atoms with van der Waals surface area (Å²) < 4.78 is 0. The Morgan fingerprint density at radius 1 is 1.07 bits per heavy atom. The number of anilines is 1. The molecule has 2 aromatic carbocycles. The number of nitriles is 1. The molecule has 1 saturated heterocycles. The molecular formula is C24H23N5. The second-order valence-electron chi connectivity index (χ2n) is 8.02. The van der Waals surface area contributed by atoms with Crippen molar-refractivity contribution in [3.8, 4) is 6.07 Å². The summed E-state index contributed by atoms with van der Waals surface area (Å²) in [5.41, 5.74) is 5.68. The SMILES string of the molecule is N#Cc1cccc(CN2C[C@@H]3Cc4cnc(NCc5ccccc5)nc4[C@@H]3C2)c1. The molecule has 2 atom stereocenters. The van der Waals surface area contributed by atoms with Gasteiger partial charge in [-0.3, -0.25) is 4.90 Å². The van der Waals surface area contributed by atoms with Crippen LogP contribution in [0.25, 0.3) is 0 Å². The zero-order valence-electron chi connectivity index (χ0n) is 16.3. The summed E-state index contributed by atoms with van der Waals surface area (Å²) in [7, 11) is 0. The highest BCUT2D eigenvalue weighted by atomic mass is 15.2. The lowest BCUT2D eigenvalue weighted by Crippen LogP contribution is -2.21. The fourth-order valence-corrected chi connectivity index (χ4v) is 4.65. The molecule has 1 aliphatic heterocycles. The maximum Gasteiger partial charge on any atom is 0.223 e. The number of nitrogens with zero attached hydrogens (tertiary/aromatic N) is 4. The van der Waals surface area contributed by atoms with Crippen LogP contribution in [0.1, 0.15) is 33.9 Å². The summed E-state index contributed by atoms with van der Waals surface area (Å²) in [6.45, 7) is 3.71. The lowest BCUT2D eigenvalue weighted by atomic mass is 9.99. The van der Waals surface area contributed by atoms with E-state index in [9.17, 15) is 0 Å². The lowest BCUT2D eigenvalue weighted by Gasteiger charge is -2.17. The molecule has 5 nitrogen and oxygen atoms in total. The predicted octanol–water partition coefficient (Wildman–Crippen LogP) is 3.73. The number of likely N-dealkylation sites (tertiary alicyclic amines) is 1. The van der Waals surface area contributed by atoms with Crippen LogP contribution in [0.15, 0.2) is 60.8 Å². The molecule has 1 aromatic heterocycles. The van der Waals surface area contributed by atoms with Gasteiger partial charge >= 0.3 is 0 Å². The van der Waals surface area contributed by atoms with Crippen molar-refractivity contribution < 1.29 is 0 Å². The Labute approximate surface area is 171 Å². The summed E-state index contributed by atoms with van der Waals surface area (Å²) in [6, 6.07) is 20.5. The van der Waals surface area contributed by atoms with Crippen molar-refractivity contribution in [1.29, 1.82) is 5.26 Å². The van der Waals surface area contributed by atoms with Gasteiger partial charge in [0.2, 0.25) is 5.95 Å². The van der Waals surface area contributed by atoms with E-state index < -0.39 is 0 Å². The van der Waals surface area contributed by atoms with E-state index in [1.165, 1.54) is 22.4 Å². The highest BCUT2D eigenvalue weighted by molar-refractivity contribution is 5.38. The molecule has 1 N–H and O–H groups in total. The average molecular weight is 381 g/mol. The van der Waals surface area contributed by atoms with Gasteiger partial charge in [0.15, 0.2) is 0 Å². The smallest absolute Gasteiger partial charge is 0.223 e. The molecule has 0 radical (unpaired) electrons. The van der Waals surface area contributed by atoms with Crippen molar-refractivity contribution in [1.82, 2.24) is 14.9 Å². The first-order chi connectivity index (χ1) is 14.3. The maximum atomic E-state index is 9.12. The van der Waals surface area contributed by atoms with E-state index in [0.29, 0.717) is 17.8 Å². The van der Waals surface area contributed by atoms with Gasteiger partial charge in [-0.25, -0.2) is 9.97 Å². The standard InChI is InChI=1S/C24H23N5/c25-11-18-7-4-8-19(9-18)14-29-15-21-10-20-13-27-24(28-23(20)22(21)16-29)26-12-17-5-2-1-3-6-17/h1-9,13,21-22H,10,12,14-16H2,(H,26,27,28)/t21-,22+/m0/s1. The maximum absolute atomic E-state index is 9.12. The molecule has 2 aliphatic rings. The van der Waals surface area contributed by atoms with Gasteiger partial charge in [0, 0.05) is 38.3 Å². The Bertz CT molecular complexity index is 1060. The van der Waals surface area contributed by atoms with Crippen molar-refractivity contribution in [2.45, 2.75) is 25.4 Å². The first-order valence-electron chi connectivity index (χ1n) is 10.1. The van der Waals surface area contributed by atoms with E-state index in [0.717, 1.165) is 38.2 Å². The second-order valence-corrected chi connectivity index (χ2v) is 8.02. The second kappa shape index (κ2) is 7.65. The van der Waals surface area contributed by atoms with Gasteiger partial charge in [0.25, 0.3) is 0 Å². The number of aromatic nitrogens is 2. The monoisotopic (exact) mass is 381 g/mol. The molecule has 1 aliphatic carbocycles. The molecule has 29 heavy (non-hydrogen) atoms. The molecule has 5 heteroatoms. The molecule has 0 saturated carbocycles. The lowest BCUT2D eigenvalue weighted by molar-refractivity contribution is 0.313. The van der Waals surface area contributed by atoms with Crippen molar-refractivity contribution in [3.63, 3.8) is 0 Å². The van der Waals surface area contributed by atoms with Gasteiger partial charge in [0.05, 0.1) is 17.3 Å². The van der Waals surface area contributed by atoms with E-state index in [1.54, 1.807) is 0 Å². The van der Waals surface area contributed by atoms with E-state index in [1.807, 2.05) is 42.6 Å². The third-order valence-electron chi connectivity index (χ3n) is 6.00. The van der Waals surface area contributed by atoms with Crippen LogP contribution in [0.3, 0.4) is 0 Å². The Morgan fingerprint density at radius 3 is 2.79 bits per heavy atom. The summed E-state index contributed by atoms with van der Waals surface area (Å²) in [6.07, 6.45) is 3.07. The first-order valence-corrected chi connectivity index (χ1v) is 10.1. The fourth-order valence-electron chi connectivity index (χ4n) is 4.65. The van der Waals surface area contributed by atoms with Gasteiger partial charge in [-0.2, -0.15) is 5.26 Å². The Kier molecular flexibility index (Phi) is 4.71. The fraction of sp³-hybridized carbons (Fsp3) is 0.292. The molecule has 0 amide bonds. The third-order valence-corrected chi connectivity index (χ3v) is 6.00. The molecule has 144 valence electrons. The zero-order chi connectivity index (χ0) is 19.6. The van der Waals surface area contributed by atoms with Crippen LogP contribution in [0.2, 0.25) is 0 Å². The van der Waals surface area contributed by atoms with Crippen molar-refractivity contribution in [3.05, 3.63) is 88.7 Å². The van der Waals surface area contributed by atoms with Gasteiger partial charge < -0.3 is 5.32 Å². The van der Waals surface area contributed by atoms with Gasteiger partial charge in [-0.15, -0.1) is 0 Å². The summed E-state index contributed by atoms with van der Waals surface area (Å²) >= 11 is 0. The molecule has 3 aromatic rings. The molecule has 0 spiro atoms. The number of hydrogen-bond acceptors (Lipinski definition) is 5. The van der Waals surface area contributed by atoms with Crippen molar-refractivity contribution in [2.24, 2.45) is 5.92 Å². The molecule has 1 fully saturated rings. The predicted molar refractivity (Wildman–Crippen MR) is 112 cm³/mol. The van der Waals surface area contributed by atoms with Crippen LogP contribution in [0.4, 0.5) is 5.95 Å². The molecule has 0 bridgehead atoms. The minimum Gasteiger partial charge on any atom is -0.350 e. The summed E-state index contributed by atoms with van der Waals surface area (Å²) in [5, 5.41) is 12.5. The number of nitrogens with one attached hydrogen (secondary N) is 1. The minimum atomic E-state index is 0.476. The van der Waals surface area contributed by atoms with E-state index in [-0.39, 0.29) is 0 Å². The van der Waals surface area contributed by atoms with Crippen molar-refractivity contribution in [2.75, 3.05) is 18.4 Å². The number of rotatable bonds is 5. The zero-order valence-corrected chi connectivity index (χ0v) is 16.3. The quantitative estimate of drug-likeness (QED) is 0.729. The third kappa shape index (κ3) is 3.72. The van der Waals surface area contributed by atoms with Crippen molar-refractivity contribution >= 4 is 5.95 Å². The molecule has 5 rings (SSSR count). The van der Waals surface area contributed by atoms with Crippen LogP contribution in [0, 0.1) is 17.2 Å². The summed E-state index contributed by atoms with van der Waals surface area (Å²) in [5.74, 6) is 1.81. The van der Waals surface area contributed by atoms with Crippen LogP contribution in [-0.4, -0.2) is 28.0 Å². The van der Waals surface area contributed by atoms with Gasteiger partial charge in [-0.1, -0.05) is 42.5 Å². The Hall–Kier alpha value is -3.23.